The van der Waals surface area contributed by atoms with Gasteiger partial charge in [-0.3, -0.25) is 0 Å². The summed E-state index contributed by atoms with van der Waals surface area (Å²) in [4.78, 5) is 3.35. The Morgan fingerprint density at radius 3 is 2.60 bits per heavy atom. The van der Waals surface area contributed by atoms with Gasteiger partial charge in [-0.2, -0.15) is 18.4 Å². The molecule has 6 heteroatoms. The molecule has 0 saturated carbocycles. The highest BCUT2D eigenvalue weighted by molar-refractivity contribution is 6.18. The molecule has 0 aliphatic carbocycles. The Hall–Kier alpha value is -1.28. The fraction of sp³-hybridized carbons (Fsp3) is 0.333. The summed E-state index contributed by atoms with van der Waals surface area (Å²) in [6, 6.07) is 5.20. The molecule has 0 N–H and O–H groups in total. The van der Waals surface area contributed by atoms with Crippen LogP contribution >= 0.6 is 11.6 Å². The first-order valence-corrected chi connectivity index (χ1v) is 4.52. The zero-order chi connectivity index (χ0) is 11.5. The van der Waals surface area contributed by atoms with Crippen LogP contribution in [0.2, 0.25) is 0 Å². The maximum Gasteiger partial charge on any atom is 0.433 e. The summed E-state index contributed by atoms with van der Waals surface area (Å²) in [5.74, 6) is -0.890. The Bertz CT molecular complexity index is 384. The summed E-state index contributed by atoms with van der Waals surface area (Å²) < 4.78 is 36.8. The molecule has 0 aliphatic rings. The molecule has 1 heterocycles. The van der Waals surface area contributed by atoms with Crippen molar-refractivity contribution in [3.05, 3.63) is 29.6 Å². The Balaban J connectivity index is 3.09. The molecule has 1 unspecified atom stereocenters. The monoisotopic (exact) mass is 234 g/mol. The second kappa shape index (κ2) is 4.49. The van der Waals surface area contributed by atoms with Crippen molar-refractivity contribution in [3.8, 4) is 6.07 Å². The number of pyridine rings is 1. The van der Waals surface area contributed by atoms with Crippen LogP contribution in [0.15, 0.2) is 18.2 Å². The predicted octanol–water partition coefficient (Wildman–Crippen LogP) is 2.95. The molecule has 0 fully saturated rings. The van der Waals surface area contributed by atoms with Gasteiger partial charge < -0.3 is 0 Å². The highest BCUT2D eigenvalue weighted by Crippen LogP contribution is 2.28. The van der Waals surface area contributed by atoms with Crippen LogP contribution in [0, 0.1) is 11.3 Å². The van der Waals surface area contributed by atoms with Gasteiger partial charge >= 0.3 is 6.18 Å². The number of nitrogens with zero attached hydrogens (tertiary/aromatic N) is 2. The van der Waals surface area contributed by atoms with Crippen molar-refractivity contribution in [1.82, 2.24) is 4.98 Å². The van der Waals surface area contributed by atoms with Crippen molar-refractivity contribution >= 4 is 11.6 Å². The number of nitriles is 1. The Labute approximate surface area is 89.3 Å². The van der Waals surface area contributed by atoms with E-state index >= 15 is 0 Å². The summed E-state index contributed by atoms with van der Waals surface area (Å²) in [6.07, 6.45) is -4.50. The average molecular weight is 235 g/mol. The largest absolute Gasteiger partial charge is 0.433 e. The van der Waals surface area contributed by atoms with E-state index in [1.165, 1.54) is 12.1 Å². The molecule has 0 spiro atoms. The molecule has 80 valence electrons. The van der Waals surface area contributed by atoms with Crippen molar-refractivity contribution in [3.63, 3.8) is 0 Å². The quantitative estimate of drug-likeness (QED) is 0.738. The van der Waals surface area contributed by atoms with Gasteiger partial charge in [0.25, 0.3) is 0 Å². The predicted molar refractivity (Wildman–Crippen MR) is 48.3 cm³/mol. The van der Waals surface area contributed by atoms with E-state index in [-0.39, 0.29) is 11.6 Å². The molecule has 1 atom stereocenters. The van der Waals surface area contributed by atoms with Crippen LogP contribution < -0.4 is 0 Å². The molecule has 2 nitrogen and oxygen atoms in total. The lowest BCUT2D eigenvalue weighted by Gasteiger charge is -2.09. The van der Waals surface area contributed by atoms with Crippen molar-refractivity contribution in [1.29, 1.82) is 5.26 Å². The van der Waals surface area contributed by atoms with Crippen LogP contribution in [0.1, 0.15) is 17.3 Å². The second-order valence-electron chi connectivity index (χ2n) is 2.78. The van der Waals surface area contributed by atoms with E-state index < -0.39 is 17.8 Å². The van der Waals surface area contributed by atoms with Crippen LogP contribution in [-0.4, -0.2) is 10.9 Å². The SMILES string of the molecule is N#CC(CCl)c1cccc(C(F)(F)F)n1. The third kappa shape index (κ3) is 2.83. The van der Waals surface area contributed by atoms with Gasteiger partial charge in [0.15, 0.2) is 0 Å². The molecule has 0 bridgehead atoms. The number of aromatic nitrogens is 1. The maximum atomic E-state index is 12.3. The summed E-state index contributed by atoms with van der Waals surface area (Å²) in [6.45, 7) is 0. The van der Waals surface area contributed by atoms with Crippen LogP contribution in [0.3, 0.4) is 0 Å². The van der Waals surface area contributed by atoms with Crippen LogP contribution in [0.5, 0.6) is 0 Å². The minimum atomic E-state index is -4.50. The zero-order valence-corrected chi connectivity index (χ0v) is 8.18. The first-order valence-electron chi connectivity index (χ1n) is 3.98. The van der Waals surface area contributed by atoms with Gasteiger partial charge in [-0.25, -0.2) is 4.98 Å². The van der Waals surface area contributed by atoms with E-state index in [9.17, 15) is 13.2 Å². The minimum Gasteiger partial charge on any atom is -0.247 e. The van der Waals surface area contributed by atoms with Crippen LogP contribution in [0.25, 0.3) is 0 Å². The van der Waals surface area contributed by atoms with Gasteiger partial charge in [-0.1, -0.05) is 6.07 Å². The molecule has 0 radical (unpaired) electrons. The normalized spacial score (nSPS) is 13.3. The summed E-state index contributed by atoms with van der Waals surface area (Å²) in [5.41, 5.74) is -0.965. The van der Waals surface area contributed by atoms with E-state index in [4.69, 9.17) is 16.9 Å². The third-order valence-corrected chi connectivity index (χ3v) is 2.04. The van der Waals surface area contributed by atoms with Gasteiger partial charge in [0.1, 0.15) is 11.6 Å². The van der Waals surface area contributed by atoms with Crippen molar-refractivity contribution < 1.29 is 13.2 Å². The number of hydrogen-bond acceptors (Lipinski definition) is 2. The lowest BCUT2D eigenvalue weighted by atomic mass is 10.1. The molecule has 1 rings (SSSR count). The fourth-order valence-electron chi connectivity index (χ4n) is 0.983. The van der Waals surface area contributed by atoms with E-state index in [0.717, 1.165) is 6.07 Å². The number of rotatable bonds is 2. The first-order chi connectivity index (χ1) is 6.99. The summed E-state index contributed by atoms with van der Waals surface area (Å²) >= 11 is 5.43. The molecule has 0 aliphatic heterocycles. The van der Waals surface area contributed by atoms with Gasteiger partial charge in [0.05, 0.1) is 11.8 Å². The zero-order valence-electron chi connectivity index (χ0n) is 7.42. The molecule has 1 aromatic heterocycles. The molecule has 15 heavy (non-hydrogen) atoms. The van der Waals surface area contributed by atoms with E-state index in [1.807, 2.05) is 0 Å². The topological polar surface area (TPSA) is 36.7 Å². The highest BCUT2D eigenvalue weighted by atomic mass is 35.5. The molecular formula is C9H6ClF3N2. The van der Waals surface area contributed by atoms with Gasteiger partial charge in [0.2, 0.25) is 0 Å². The lowest BCUT2D eigenvalue weighted by molar-refractivity contribution is -0.141. The fourth-order valence-corrected chi connectivity index (χ4v) is 1.21. The lowest BCUT2D eigenvalue weighted by Crippen LogP contribution is -2.11. The van der Waals surface area contributed by atoms with Gasteiger partial charge in [-0.05, 0) is 12.1 Å². The highest BCUT2D eigenvalue weighted by Gasteiger charge is 2.32. The maximum absolute atomic E-state index is 12.3. The van der Waals surface area contributed by atoms with Gasteiger partial charge in [0, 0.05) is 5.88 Å². The summed E-state index contributed by atoms with van der Waals surface area (Å²) in [7, 11) is 0. The minimum absolute atomic E-state index is 0.0438. The average Bonchev–Trinajstić information content (AvgIpc) is 2.19. The standard InChI is InChI=1S/C9H6ClF3N2/c10-4-6(5-14)7-2-1-3-8(15-7)9(11,12)13/h1-3,6H,4H2. The van der Waals surface area contributed by atoms with Crippen molar-refractivity contribution in [2.45, 2.75) is 12.1 Å². The molecule has 0 amide bonds. The van der Waals surface area contributed by atoms with Crippen LogP contribution in [0.4, 0.5) is 13.2 Å². The van der Waals surface area contributed by atoms with Gasteiger partial charge in [-0.15, -0.1) is 11.6 Å². The second-order valence-corrected chi connectivity index (χ2v) is 3.09. The molecule has 1 aromatic rings. The number of hydrogen-bond donors (Lipinski definition) is 0. The number of alkyl halides is 4. The smallest absolute Gasteiger partial charge is 0.247 e. The molecule has 0 aromatic carbocycles. The molecule has 0 saturated heterocycles. The molecular weight excluding hydrogens is 229 g/mol. The van der Waals surface area contributed by atoms with Crippen molar-refractivity contribution in [2.75, 3.05) is 5.88 Å². The Morgan fingerprint density at radius 1 is 1.47 bits per heavy atom. The third-order valence-electron chi connectivity index (χ3n) is 1.73. The van der Waals surface area contributed by atoms with Crippen LogP contribution in [-0.2, 0) is 6.18 Å². The van der Waals surface area contributed by atoms with E-state index in [0.29, 0.717) is 0 Å². The Kier molecular flexibility index (Phi) is 3.53. The van der Waals surface area contributed by atoms with Crippen molar-refractivity contribution in [2.24, 2.45) is 0 Å². The summed E-state index contributed by atoms with van der Waals surface area (Å²) in [5, 5.41) is 8.62. The first kappa shape index (κ1) is 11.8. The Morgan fingerprint density at radius 2 is 2.13 bits per heavy atom. The van der Waals surface area contributed by atoms with E-state index in [1.54, 1.807) is 6.07 Å². The number of halogens is 4. The van der Waals surface area contributed by atoms with E-state index in [2.05, 4.69) is 4.98 Å².